The lowest BCUT2D eigenvalue weighted by Crippen LogP contribution is -2.16. The molecule has 0 spiro atoms. The first-order chi connectivity index (χ1) is 13.9. The molecule has 0 aliphatic carbocycles. The Morgan fingerprint density at radius 1 is 1.14 bits per heavy atom. The van der Waals surface area contributed by atoms with Gasteiger partial charge in [0, 0.05) is 17.1 Å². The first kappa shape index (κ1) is 19.0. The number of aromatic nitrogens is 6. The number of halogens is 1. The van der Waals surface area contributed by atoms with E-state index in [1.807, 2.05) is 44.2 Å². The SMILES string of the molecule is Cc1nc(-c2cccc(Br)c2)ccc1C(=O)Nc1c(C)nn(C)c1-n1cncn1. The van der Waals surface area contributed by atoms with Crippen molar-refractivity contribution >= 4 is 27.5 Å². The molecule has 8 nitrogen and oxygen atoms in total. The molecule has 0 atom stereocenters. The molecule has 0 unspecified atom stereocenters. The summed E-state index contributed by atoms with van der Waals surface area (Å²) in [5, 5.41) is 11.5. The number of benzene rings is 1. The zero-order chi connectivity index (χ0) is 20.5. The van der Waals surface area contributed by atoms with Gasteiger partial charge in [0.1, 0.15) is 18.3 Å². The summed E-state index contributed by atoms with van der Waals surface area (Å²) < 4.78 is 4.20. The van der Waals surface area contributed by atoms with Crippen molar-refractivity contribution in [2.75, 3.05) is 5.32 Å². The molecule has 3 aromatic heterocycles. The number of aryl methyl sites for hydroxylation is 3. The Morgan fingerprint density at radius 3 is 2.66 bits per heavy atom. The van der Waals surface area contributed by atoms with Crippen LogP contribution in [0.3, 0.4) is 0 Å². The molecule has 1 amide bonds. The number of hydrogen-bond donors (Lipinski definition) is 1. The van der Waals surface area contributed by atoms with E-state index in [-0.39, 0.29) is 5.91 Å². The van der Waals surface area contributed by atoms with Gasteiger partial charge in [-0.1, -0.05) is 28.1 Å². The number of carbonyl (C=O) groups excluding carboxylic acids is 1. The Bertz CT molecular complexity index is 1200. The van der Waals surface area contributed by atoms with Crippen molar-refractivity contribution < 1.29 is 4.79 Å². The minimum Gasteiger partial charge on any atom is -0.317 e. The summed E-state index contributed by atoms with van der Waals surface area (Å²) in [4.78, 5) is 21.6. The van der Waals surface area contributed by atoms with Gasteiger partial charge in [0.15, 0.2) is 5.82 Å². The highest BCUT2D eigenvalue weighted by atomic mass is 79.9. The molecule has 4 rings (SSSR count). The van der Waals surface area contributed by atoms with E-state index in [9.17, 15) is 4.79 Å². The van der Waals surface area contributed by atoms with Gasteiger partial charge in [0.2, 0.25) is 0 Å². The van der Waals surface area contributed by atoms with Crippen LogP contribution in [0.4, 0.5) is 5.69 Å². The molecule has 0 saturated carbocycles. The highest BCUT2D eigenvalue weighted by molar-refractivity contribution is 9.10. The number of nitrogens with one attached hydrogen (secondary N) is 1. The van der Waals surface area contributed by atoms with Crippen molar-refractivity contribution in [2.45, 2.75) is 13.8 Å². The zero-order valence-corrected chi connectivity index (χ0v) is 17.7. The van der Waals surface area contributed by atoms with Crippen LogP contribution in [0.15, 0.2) is 53.5 Å². The summed E-state index contributed by atoms with van der Waals surface area (Å²) in [6.07, 6.45) is 2.99. The average Bonchev–Trinajstić information content (AvgIpc) is 3.29. The third kappa shape index (κ3) is 3.68. The molecule has 0 aliphatic heterocycles. The first-order valence-electron chi connectivity index (χ1n) is 8.87. The van der Waals surface area contributed by atoms with Gasteiger partial charge in [-0.3, -0.25) is 9.78 Å². The van der Waals surface area contributed by atoms with Crippen LogP contribution < -0.4 is 5.32 Å². The molecule has 1 N–H and O–H groups in total. The smallest absolute Gasteiger partial charge is 0.257 e. The highest BCUT2D eigenvalue weighted by Crippen LogP contribution is 2.25. The zero-order valence-electron chi connectivity index (χ0n) is 16.1. The second-order valence-corrected chi connectivity index (χ2v) is 7.46. The highest BCUT2D eigenvalue weighted by Gasteiger charge is 2.20. The molecule has 0 bridgehead atoms. The van der Waals surface area contributed by atoms with E-state index in [2.05, 4.69) is 41.4 Å². The van der Waals surface area contributed by atoms with E-state index < -0.39 is 0 Å². The Balaban J connectivity index is 1.65. The topological polar surface area (TPSA) is 90.5 Å². The summed E-state index contributed by atoms with van der Waals surface area (Å²) in [5.74, 6) is 0.373. The largest absolute Gasteiger partial charge is 0.317 e. The molecule has 0 radical (unpaired) electrons. The number of hydrogen-bond acceptors (Lipinski definition) is 5. The fourth-order valence-electron chi connectivity index (χ4n) is 3.16. The summed E-state index contributed by atoms with van der Waals surface area (Å²) in [5.41, 5.74) is 4.19. The minimum absolute atomic E-state index is 0.256. The maximum atomic E-state index is 13.0. The minimum atomic E-state index is -0.256. The second-order valence-electron chi connectivity index (χ2n) is 6.54. The van der Waals surface area contributed by atoms with Crippen LogP contribution in [-0.2, 0) is 7.05 Å². The maximum Gasteiger partial charge on any atom is 0.257 e. The van der Waals surface area contributed by atoms with Gasteiger partial charge in [-0.2, -0.15) is 10.2 Å². The van der Waals surface area contributed by atoms with E-state index >= 15 is 0 Å². The fraction of sp³-hybridized carbons (Fsp3) is 0.150. The Kier molecular flexibility index (Phi) is 4.98. The van der Waals surface area contributed by atoms with Gasteiger partial charge in [0.25, 0.3) is 5.91 Å². The van der Waals surface area contributed by atoms with Gasteiger partial charge in [-0.25, -0.2) is 14.3 Å². The van der Waals surface area contributed by atoms with E-state index in [4.69, 9.17) is 0 Å². The van der Waals surface area contributed by atoms with Gasteiger partial charge >= 0.3 is 0 Å². The molecule has 1 aromatic carbocycles. The van der Waals surface area contributed by atoms with Crippen LogP contribution >= 0.6 is 15.9 Å². The predicted molar refractivity (Wildman–Crippen MR) is 113 cm³/mol. The van der Waals surface area contributed by atoms with Crippen LogP contribution in [0.5, 0.6) is 0 Å². The number of amides is 1. The van der Waals surface area contributed by atoms with Crippen molar-refractivity contribution in [1.82, 2.24) is 29.5 Å². The summed E-state index contributed by atoms with van der Waals surface area (Å²) in [6, 6.07) is 11.5. The third-order valence-corrected chi connectivity index (χ3v) is 5.01. The van der Waals surface area contributed by atoms with Crippen LogP contribution in [0, 0.1) is 13.8 Å². The monoisotopic (exact) mass is 451 g/mol. The van der Waals surface area contributed by atoms with Gasteiger partial charge in [0.05, 0.1) is 22.6 Å². The molecule has 0 aliphatic rings. The second kappa shape index (κ2) is 7.59. The van der Waals surface area contributed by atoms with Crippen molar-refractivity contribution in [3.63, 3.8) is 0 Å². The molecular weight excluding hydrogens is 434 g/mol. The number of pyridine rings is 1. The van der Waals surface area contributed by atoms with E-state index in [0.717, 1.165) is 15.7 Å². The van der Waals surface area contributed by atoms with Crippen LogP contribution in [0.25, 0.3) is 17.1 Å². The maximum absolute atomic E-state index is 13.0. The lowest BCUT2D eigenvalue weighted by Gasteiger charge is -2.11. The van der Waals surface area contributed by atoms with Crippen molar-refractivity contribution in [2.24, 2.45) is 7.05 Å². The predicted octanol–water partition coefficient (Wildman–Crippen LogP) is 3.69. The number of nitrogens with zero attached hydrogens (tertiary/aromatic N) is 6. The Morgan fingerprint density at radius 2 is 1.97 bits per heavy atom. The summed E-state index contributed by atoms with van der Waals surface area (Å²) in [6.45, 7) is 3.66. The molecule has 29 heavy (non-hydrogen) atoms. The van der Waals surface area contributed by atoms with E-state index in [0.29, 0.717) is 28.5 Å². The Hall–Kier alpha value is -3.33. The molecule has 4 aromatic rings. The molecule has 3 heterocycles. The van der Waals surface area contributed by atoms with Gasteiger partial charge in [-0.05, 0) is 38.1 Å². The Labute approximate surface area is 175 Å². The van der Waals surface area contributed by atoms with Crippen LogP contribution in [0.1, 0.15) is 21.7 Å². The number of anilines is 1. The molecule has 0 fully saturated rings. The molecular formula is C20H18BrN7O. The quantitative estimate of drug-likeness (QED) is 0.510. The number of rotatable bonds is 4. The van der Waals surface area contributed by atoms with Gasteiger partial charge < -0.3 is 5.32 Å². The fourth-order valence-corrected chi connectivity index (χ4v) is 3.56. The van der Waals surface area contributed by atoms with E-state index in [1.165, 1.54) is 6.33 Å². The lowest BCUT2D eigenvalue weighted by atomic mass is 10.1. The van der Waals surface area contributed by atoms with Crippen LogP contribution in [-0.4, -0.2) is 35.4 Å². The number of carbonyl (C=O) groups is 1. The molecule has 146 valence electrons. The molecule has 9 heteroatoms. The molecule has 0 saturated heterocycles. The van der Waals surface area contributed by atoms with Crippen molar-refractivity contribution in [3.05, 3.63) is 70.5 Å². The van der Waals surface area contributed by atoms with Crippen molar-refractivity contribution in [1.29, 1.82) is 0 Å². The summed E-state index contributed by atoms with van der Waals surface area (Å²) in [7, 11) is 1.79. The standard InChI is InChI=1S/C20H18BrN7O/c1-12-16(7-8-17(24-12)14-5-4-6-15(21)9-14)19(29)25-18-13(2)26-27(3)20(18)28-11-22-10-23-28/h4-11H,1-3H3,(H,25,29). The normalized spacial score (nSPS) is 10.9. The van der Waals surface area contributed by atoms with Gasteiger partial charge in [-0.15, -0.1) is 0 Å². The summed E-state index contributed by atoms with van der Waals surface area (Å²) >= 11 is 3.47. The van der Waals surface area contributed by atoms with E-state index in [1.54, 1.807) is 28.8 Å². The van der Waals surface area contributed by atoms with Crippen LogP contribution in [0.2, 0.25) is 0 Å². The first-order valence-corrected chi connectivity index (χ1v) is 9.67. The van der Waals surface area contributed by atoms with Crippen molar-refractivity contribution in [3.8, 4) is 17.1 Å². The lowest BCUT2D eigenvalue weighted by molar-refractivity contribution is 0.102. The third-order valence-electron chi connectivity index (χ3n) is 4.52. The average molecular weight is 452 g/mol.